The molecule has 0 heterocycles. The normalized spacial score (nSPS) is 21.4. The predicted octanol–water partition coefficient (Wildman–Crippen LogP) is 7.20. The molecule has 4 heteroatoms. The average Bonchev–Trinajstić information content (AvgIpc) is 2.62. The van der Waals surface area contributed by atoms with Crippen LogP contribution in [0.2, 0.25) is 0 Å². The van der Waals surface area contributed by atoms with Crippen LogP contribution >= 0.6 is 0 Å². The first-order chi connectivity index (χ1) is 12.4. The van der Waals surface area contributed by atoms with Crippen molar-refractivity contribution in [3.63, 3.8) is 0 Å². The Hall–Kier alpha value is -1.97. The molecule has 1 fully saturated rings. The van der Waals surface area contributed by atoms with E-state index in [2.05, 4.69) is 6.92 Å². The van der Waals surface area contributed by atoms with Crippen molar-refractivity contribution in [3.8, 4) is 5.75 Å². The summed E-state index contributed by atoms with van der Waals surface area (Å²) < 4.78 is 48.3. The molecule has 0 bridgehead atoms. The molecule has 140 valence electrons. The van der Waals surface area contributed by atoms with Gasteiger partial charge in [-0.1, -0.05) is 31.6 Å². The van der Waals surface area contributed by atoms with Crippen LogP contribution in [0.15, 0.2) is 36.4 Å². The molecule has 0 N–H and O–H groups in total. The van der Waals surface area contributed by atoms with Gasteiger partial charge in [-0.05, 0) is 73.6 Å². The van der Waals surface area contributed by atoms with E-state index in [4.69, 9.17) is 4.74 Å². The summed E-state index contributed by atoms with van der Waals surface area (Å²) in [7, 11) is 0. The van der Waals surface area contributed by atoms with Crippen LogP contribution < -0.4 is 4.74 Å². The van der Waals surface area contributed by atoms with Gasteiger partial charge in [-0.15, -0.1) is 0 Å². The lowest BCUT2D eigenvalue weighted by Crippen LogP contribution is -2.37. The fraction of sp³-hybridized carbons (Fsp3) is 0.455. The fourth-order valence-corrected chi connectivity index (χ4v) is 3.78. The van der Waals surface area contributed by atoms with Crippen molar-refractivity contribution in [2.24, 2.45) is 11.8 Å². The maximum absolute atomic E-state index is 14.6. The summed E-state index contributed by atoms with van der Waals surface area (Å²) >= 11 is 0. The second-order valence-corrected chi connectivity index (χ2v) is 7.17. The first-order valence-corrected chi connectivity index (χ1v) is 9.35. The Morgan fingerprint density at radius 3 is 2.46 bits per heavy atom. The van der Waals surface area contributed by atoms with Gasteiger partial charge in [0.25, 0.3) is 0 Å². The van der Waals surface area contributed by atoms with Gasteiger partial charge in [0, 0.05) is 5.56 Å². The second kappa shape index (κ2) is 7.73. The molecule has 0 aromatic heterocycles. The highest BCUT2D eigenvalue weighted by Crippen LogP contribution is 2.41. The highest BCUT2D eigenvalue weighted by Gasteiger charge is 2.43. The molecule has 1 nitrogen and oxygen atoms in total. The third kappa shape index (κ3) is 4.05. The molecule has 0 spiro atoms. The molecular formula is C22H25F3O. The largest absolute Gasteiger partial charge is 0.432 e. The van der Waals surface area contributed by atoms with Gasteiger partial charge in [-0.2, -0.15) is 8.78 Å². The lowest BCUT2D eigenvalue weighted by Gasteiger charge is -2.33. The molecular weight excluding hydrogens is 337 g/mol. The summed E-state index contributed by atoms with van der Waals surface area (Å²) in [5, 5.41) is 1.34. The van der Waals surface area contributed by atoms with Gasteiger partial charge < -0.3 is 4.74 Å². The SMILES string of the molecule is C/C=C/c1cc2ccc(OC(F)(F)C3CCC(CC)CC3)cc2cc1F. The van der Waals surface area contributed by atoms with Gasteiger partial charge in [-0.25, -0.2) is 4.39 Å². The Bertz CT molecular complexity index is 789. The number of hydrogen-bond acceptors (Lipinski definition) is 1. The van der Waals surface area contributed by atoms with Gasteiger partial charge in [0.05, 0.1) is 5.92 Å². The Labute approximate surface area is 152 Å². The summed E-state index contributed by atoms with van der Waals surface area (Å²) in [5.41, 5.74) is 0.478. The summed E-state index contributed by atoms with van der Waals surface area (Å²) in [6.45, 7) is 3.92. The van der Waals surface area contributed by atoms with E-state index in [-0.39, 0.29) is 11.6 Å². The van der Waals surface area contributed by atoms with Crippen molar-refractivity contribution < 1.29 is 17.9 Å². The summed E-state index contributed by atoms with van der Waals surface area (Å²) in [4.78, 5) is 0. The number of fused-ring (bicyclic) bond motifs is 1. The molecule has 0 radical (unpaired) electrons. The van der Waals surface area contributed by atoms with Crippen molar-refractivity contribution in [3.05, 3.63) is 47.8 Å². The standard InChI is InChI=1S/C22H25F3O/c1-3-5-17-12-16-8-11-20(13-18(16)14-21(17)23)26-22(24,25)19-9-6-15(4-2)7-10-19/h3,5,8,11-15,19H,4,6-7,9-10H2,1-2H3/b5-3+. The van der Waals surface area contributed by atoms with E-state index in [0.717, 1.165) is 24.6 Å². The highest BCUT2D eigenvalue weighted by molar-refractivity contribution is 5.86. The minimum atomic E-state index is -3.20. The lowest BCUT2D eigenvalue weighted by molar-refractivity contribution is -0.223. The van der Waals surface area contributed by atoms with Crippen LogP contribution in [0.25, 0.3) is 16.8 Å². The first kappa shape index (κ1) is 18.8. The molecule has 26 heavy (non-hydrogen) atoms. The molecule has 2 aromatic carbocycles. The van der Waals surface area contributed by atoms with Crippen molar-refractivity contribution >= 4 is 16.8 Å². The molecule has 2 aromatic rings. The Morgan fingerprint density at radius 1 is 1.08 bits per heavy atom. The minimum absolute atomic E-state index is 0.0818. The first-order valence-electron chi connectivity index (χ1n) is 9.35. The van der Waals surface area contributed by atoms with Gasteiger partial charge in [0.1, 0.15) is 11.6 Å². The fourth-order valence-electron chi connectivity index (χ4n) is 3.78. The Balaban J connectivity index is 1.78. The Kier molecular flexibility index (Phi) is 5.59. The number of ether oxygens (including phenoxy) is 1. The smallest absolute Gasteiger partial charge is 0.400 e. The van der Waals surface area contributed by atoms with E-state index in [1.807, 2.05) is 6.92 Å². The van der Waals surface area contributed by atoms with Crippen LogP contribution in [0.1, 0.15) is 51.5 Å². The van der Waals surface area contributed by atoms with Gasteiger partial charge in [0.2, 0.25) is 0 Å². The third-order valence-electron chi connectivity index (χ3n) is 5.43. The van der Waals surface area contributed by atoms with Crippen LogP contribution in [-0.4, -0.2) is 6.11 Å². The van der Waals surface area contributed by atoms with E-state index in [0.29, 0.717) is 29.7 Å². The number of halogens is 3. The topological polar surface area (TPSA) is 9.23 Å². The molecule has 0 aliphatic heterocycles. The van der Waals surface area contributed by atoms with Crippen LogP contribution in [0, 0.1) is 17.7 Å². The monoisotopic (exact) mass is 362 g/mol. The van der Waals surface area contributed by atoms with Gasteiger partial charge in [0.15, 0.2) is 0 Å². The van der Waals surface area contributed by atoms with Crippen LogP contribution in [0.4, 0.5) is 13.2 Å². The average molecular weight is 362 g/mol. The zero-order valence-corrected chi connectivity index (χ0v) is 15.3. The molecule has 1 saturated carbocycles. The summed E-state index contributed by atoms with van der Waals surface area (Å²) in [6.07, 6.45) is 3.92. The maximum Gasteiger partial charge on any atom is 0.400 e. The number of alkyl halides is 2. The van der Waals surface area contributed by atoms with Crippen molar-refractivity contribution in [2.45, 2.75) is 52.1 Å². The summed E-state index contributed by atoms with van der Waals surface area (Å²) in [6, 6.07) is 7.79. The van der Waals surface area contributed by atoms with Crippen LogP contribution in [0.5, 0.6) is 5.75 Å². The number of allylic oxidation sites excluding steroid dienone is 1. The predicted molar refractivity (Wildman–Crippen MR) is 99.9 cm³/mol. The van der Waals surface area contributed by atoms with E-state index in [1.54, 1.807) is 24.3 Å². The van der Waals surface area contributed by atoms with Gasteiger partial charge >= 0.3 is 6.11 Å². The van der Waals surface area contributed by atoms with Crippen molar-refractivity contribution in [2.75, 3.05) is 0 Å². The van der Waals surface area contributed by atoms with Crippen LogP contribution in [0.3, 0.4) is 0 Å². The Morgan fingerprint density at radius 2 is 1.81 bits per heavy atom. The van der Waals surface area contributed by atoms with Crippen molar-refractivity contribution in [1.29, 1.82) is 0 Å². The van der Waals surface area contributed by atoms with Gasteiger partial charge in [-0.3, -0.25) is 0 Å². The molecule has 1 aliphatic carbocycles. The molecule has 0 saturated heterocycles. The minimum Gasteiger partial charge on any atom is -0.432 e. The number of benzene rings is 2. The number of rotatable bonds is 5. The van der Waals surface area contributed by atoms with E-state index in [9.17, 15) is 13.2 Å². The van der Waals surface area contributed by atoms with Crippen molar-refractivity contribution in [1.82, 2.24) is 0 Å². The molecule has 3 rings (SSSR count). The van der Waals surface area contributed by atoms with E-state index >= 15 is 0 Å². The second-order valence-electron chi connectivity index (χ2n) is 7.17. The quantitative estimate of drug-likeness (QED) is 0.546. The molecule has 1 aliphatic rings. The third-order valence-corrected chi connectivity index (χ3v) is 5.43. The molecule has 0 unspecified atom stereocenters. The molecule has 0 atom stereocenters. The zero-order chi connectivity index (χ0) is 18.7. The number of hydrogen-bond donors (Lipinski definition) is 0. The molecule has 0 amide bonds. The zero-order valence-electron chi connectivity index (χ0n) is 15.3. The maximum atomic E-state index is 14.6. The highest BCUT2D eigenvalue weighted by atomic mass is 19.3. The van der Waals surface area contributed by atoms with E-state index in [1.165, 1.54) is 18.2 Å². The van der Waals surface area contributed by atoms with Crippen LogP contribution in [-0.2, 0) is 0 Å². The van der Waals surface area contributed by atoms with E-state index < -0.39 is 12.0 Å². The lowest BCUT2D eigenvalue weighted by atomic mass is 9.80. The summed E-state index contributed by atoms with van der Waals surface area (Å²) in [5.74, 6) is -0.498.